The third-order valence-electron chi connectivity index (χ3n) is 4.29. The van der Waals surface area contributed by atoms with Crippen molar-refractivity contribution in [3.05, 3.63) is 0 Å². The second-order valence-corrected chi connectivity index (χ2v) is 5.26. The van der Waals surface area contributed by atoms with Gasteiger partial charge in [-0.1, -0.05) is 0 Å². The van der Waals surface area contributed by atoms with Gasteiger partial charge >= 0.3 is 0 Å². The van der Waals surface area contributed by atoms with Crippen molar-refractivity contribution >= 4 is 0 Å². The summed E-state index contributed by atoms with van der Waals surface area (Å²) in [5, 5.41) is 5.07. The van der Waals surface area contributed by atoms with Gasteiger partial charge in [-0.15, -0.1) is 0 Å². The van der Waals surface area contributed by atoms with Crippen LogP contribution in [0.3, 0.4) is 0 Å². The molecule has 0 saturated carbocycles. The first-order valence-electron chi connectivity index (χ1n) is 6.52. The lowest BCUT2D eigenvalue weighted by Crippen LogP contribution is -2.84. The minimum Gasteiger partial charge on any atom is -0.238 e. The van der Waals surface area contributed by atoms with Crippen molar-refractivity contribution in [1.82, 2.24) is 31.7 Å². The summed E-state index contributed by atoms with van der Waals surface area (Å²) in [6.45, 7) is 0. The summed E-state index contributed by atoms with van der Waals surface area (Å²) < 4.78 is 0. The lowest BCUT2D eigenvalue weighted by molar-refractivity contribution is -0.263. The SMILES string of the molecule is C1C[C@H]2NN[C@@H]3CCC[C@H]4NN[C@H](C1)N2N34. The Morgan fingerprint density at radius 3 is 1.19 bits per heavy atom. The van der Waals surface area contributed by atoms with Gasteiger partial charge in [0.05, 0.1) is 24.7 Å². The zero-order valence-corrected chi connectivity index (χ0v) is 9.45. The largest absolute Gasteiger partial charge is 0.238 e. The van der Waals surface area contributed by atoms with Crippen LogP contribution in [0, 0.1) is 0 Å². The van der Waals surface area contributed by atoms with Crippen LogP contribution in [0.5, 0.6) is 0 Å². The summed E-state index contributed by atoms with van der Waals surface area (Å²) >= 11 is 0. The first-order valence-corrected chi connectivity index (χ1v) is 6.52. The van der Waals surface area contributed by atoms with Crippen LogP contribution in [0.15, 0.2) is 0 Å². The summed E-state index contributed by atoms with van der Waals surface area (Å²) in [4.78, 5) is 0. The van der Waals surface area contributed by atoms with Crippen molar-refractivity contribution in [2.75, 3.05) is 0 Å². The van der Waals surface area contributed by atoms with Gasteiger partial charge in [0.2, 0.25) is 0 Å². The second-order valence-electron chi connectivity index (χ2n) is 5.26. The highest BCUT2D eigenvalue weighted by atomic mass is 15.9. The predicted molar refractivity (Wildman–Crippen MR) is 59.1 cm³/mol. The topological polar surface area (TPSA) is 54.6 Å². The molecule has 0 amide bonds. The number of hydrazine groups is 3. The van der Waals surface area contributed by atoms with E-state index in [9.17, 15) is 0 Å². The first-order chi connectivity index (χ1) is 7.93. The lowest BCUT2D eigenvalue weighted by atomic mass is 10.0. The van der Waals surface area contributed by atoms with E-state index in [1.165, 1.54) is 38.5 Å². The Hall–Kier alpha value is -0.240. The molecule has 0 radical (unpaired) electrons. The van der Waals surface area contributed by atoms with Crippen LogP contribution < -0.4 is 21.7 Å². The molecule has 0 aliphatic carbocycles. The van der Waals surface area contributed by atoms with Crippen molar-refractivity contribution in [2.45, 2.75) is 63.2 Å². The molecule has 4 aliphatic rings. The van der Waals surface area contributed by atoms with Gasteiger partial charge < -0.3 is 0 Å². The minimum absolute atomic E-state index is 0.463. The van der Waals surface area contributed by atoms with Crippen molar-refractivity contribution in [1.29, 1.82) is 0 Å². The van der Waals surface area contributed by atoms with Gasteiger partial charge in [0.1, 0.15) is 0 Å². The first kappa shape index (κ1) is 9.76. The molecule has 4 rings (SSSR count). The molecule has 4 aliphatic heterocycles. The lowest BCUT2D eigenvalue weighted by Gasteiger charge is -2.61. The molecule has 0 spiro atoms. The van der Waals surface area contributed by atoms with Crippen molar-refractivity contribution < 1.29 is 0 Å². The minimum atomic E-state index is 0.463. The fourth-order valence-corrected chi connectivity index (χ4v) is 3.55. The van der Waals surface area contributed by atoms with Crippen LogP contribution in [-0.2, 0) is 0 Å². The van der Waals surface area contributed by atoms with Crippen LogP contribution in [0.2, 0.25) is 0 Å². The fraction of sp³-hybridized carbons (Fsp3) is 1.00. The van der Waals surface area contributed by atoms with E-state index in [0.717, 1.165) is 0 Å². The normalized spacial score (nSPS) is 48.8. The third kappa shape index (κ3) is 1.28. The predicted octanol–water partition coefficient (Wildman–Crippen LogP) is -0.607. The van der Waals surface area contributed by atoms with E-state index in [-0.39, 0.29) is 0 Å². The Morgan fingerprint density at radius 1 is 0.562 bits per heavy atom. The van der Waals surface area contributed by atoms with Gasteiger partial charge in [-0.05, 0) is 38.5 Å². The molecule has 0 aromatic heterocycles. The molecule has 4 N–H and O–H groups in total. The Kier molecular flexibility index (Phi) is 2.21. The number of rotatable bonds is 0. The molecule has 90 valence electrons. The Bertz CT molecular complexity index is 232. The molecular weight excluding hydrogens is 204 g/mol. The van der Waals surface area contributed by atoms with Gasteiger partial charge in [0, 0.05) is 0 Å². The molecule has 6 heteroatoms. The molecule has 0 aromatic carbocycles. The number of hydrogen-bond donors (Lipinski definition) is 4. The maximum Gasteiger partial charge on any atom is 0.0882 e. The van der Waals surface area contributed by atoms with Crippen LogP contribution in [0.25, 0.3) is 0 Å². The second kappa shape index (κ2) is 3.63. The van der Waals surface area contributed by atoms with Gasteiger partial charge in [-0.3, -0.25) is 0 Å². The average molecular weight is 224 g/mol. The summed E-state index contributed by atoms with van der Waals surface area (Å²) in [5.74, 6) is 0. The van der Waals surface area contributed by atoms with Crippen molar-refractivity contribution in [3.63, 3.8) is 0 Å². The maximum atomic E-state index is 3.47. The summed E-state index contributed by atoms with van der Waals surface area (Å²) in [6, 6.07) is 0. The fourth-order valence-electron chi connectivity index (χ4n) is 3.55. The third-order valence-corrected chi connectivity index (χ3v) is 4.29. The van der Waals surface area contributed by atoms with Crippen molar-refractivity contribution in [2.24, 2.45) is 0 Å². The Balaban J connectivity index is 1.67. The molecular formula is C10H20N6. The molecule has 0 bridgehead atoms. The van der Waals surface area contributed by atoms with Gasteiger partial charge in [0.15, 0.2) is 0 Å². The monoisotopic (exact) mass is 224 g/mol. The number of nitrogens with zero attached hydrogens (tertiary/aromatic N) is 2. The number of hydrogen-bond acceptors (Lipinski definition) is 6. The van der Waals surface area contributed by atoms with Crippen LogP contribution in [0.4, 0.5) is 0 Å². The standard InChI is InChI=1S/C10H20N6/c1-3-7-11-13-9-5-2-6-10-14-12-8(4-1)15(7)16(9)10/h7-14H,1-6H2/t7-,8-,9-,10-/m0/s1. The van der Waals surface area contributed by atoms with Crippen LogP contribution in [-0.4, -0.2) is 34.7 Å². The van der Waals surface area contributed by atoms with E-state index in [2.05, 4.69) is 31.7 Å². The van der Waals surface area contributed by atoms with E-state index < -0.39 is 0 Å². The molecule has 4 atom stereocenters. The van der Waals surface area contributed by atoms with E-state index in [0.29, 0.717) is 24.7 Å². The maximum absolute atomic E-state index is 3.47. The Morgan fingerprint density at radius 2 is 0.875 bits per heavy atom. The number of nitrogens with one attached hydrogen (secondary N) is 4. The average Bonchev–Trinajstić information content (AvgIpc) is 2.36. The zero-order valence-electron chi connectivity index (χ0n) is 9.45. The molecule has 16 heavy (non-hydrogen) atoms. The summed E-state index contributed by atoms with van der Waals surface area (Å²) in [7, 11) is 0. The quantitative estimate of drug-likeness (QED) is 0.441. The van der Waals surface area contributed by atoms with Crippen molar-refractivity contribution in [3.8, 4) is 0 Å². The van der Waals surface area contributed by atoms with Crippen LogP contribution >= 0.6 is 0 Å². The zero-order chi connectivity index (χ0) is 10.5. The van der Waals surface area contributed by atoms with E-state index in [4.69, 9.17) is 0 Å². The summed E-state index contributed by atoms with van der Waals surface area (Å²) in [5.41, 5.74) is 13.9. The highest BCUT2D eigenvalue weighted by molar-refractivity contribution is 4.92. The van der Waals surface area contributed by atoms with E-state index >= 15 is 0 Å². The smallest absolute Gasteiger partial charge is 0.0882 e. The highest BCUT2D eigenvalue weighted by Crippen LogP contribution is 2.33. The highest BCUT2D eigenvalue weighted by Gasteiger charge is 2.48. The van der Waals surface area contributed by atoms with E-state index in [1.54, 1.807) is 0 Å². The van der Waals surface area contributed by atoms with Gasteiger partial charge in [-0.25, -0.2) is 31.7 Å². The molecule has 4 fully saturated rings. The van der Waals surface area contributed by atoms with E-state index in [1.807, 2.05) is 0 Å². The molecule has 4 saturated heterocycles. The molecule has 0 aromatic rings. The molecule has 0 unspecified atom stereocenters. The molecule has 4 heterocycles. The number of piperidine rings is 2. The molecule has 6 nitrogen and oxygen atoms in total. The summed E-state index contributed by atoms with van der Waals surface area (Å²) in [6.07, 6.45) is 9.38. The van der Waals surface area contributed by atoms with Gasteiger partial charge in [-0.2, -0.15) is 0 Å². The van der Waals surface area contributed by atoms with Crippen LogP contribution in [0.1, 0.15) is 38.5 Å². The van der Waals surface area contributed by atoms with Gasteiger partial charge in [0.25, 0.3) is 0 Å². The Labute approximate surface area is 95.6 Å².